The Morgan fingerprint density at radius 1 is 1.44 bits per heavy atom. The summed E-state index contributed by atoms with van der Waals surface area (Å²) in [6.07, 6.45) is 0. The van der Waals surface area contributed by atoms with E-state index in [0.717, 1.165) is 5.56 Å². The third kappa shape index (κ3) is 2.97. The highest BCUT2D eigenvalue weighted by molar-refractivity contribution is 9.10. The van der Waals surface area contributed by atoms with Crippen molar-refractivity contribution in [2.45, 2.75) is 13.0 Å². The Bertz CT molecular complexity index is 464. The number of sulfonamides is 1. The summed E-state index contributed by atoms with van der Waals surface area (Å²) < 4.78 is 24.5. The van der Waals surface area contributed by atoms with Gasteiger partial charge in [-0.3, -0.25) is 0 Å². The molecule has 90 valence electrons. The van der Waals surface area contributed by atoms with Gasteiger partial charge >= 0.3 is 0 Å². The first-order chi connectivity index (χ1) is 7.40. The molecule has 0 aromatic heterocycles. The molecule has 0 fully saturated rings. The Labute approximate surface area is 110 Å². The Balaban J connectivity index is 3.04. The molecule has 0 heterocycles. The van der Waals surface area contributed by atoms with Crippen LogP contribution in [-0.2, 0) is 10.0 Å². The van der Waals surface area contributed by atoms with Crippen LogP contribution in [0.3, 0.4) is 0 Å². The minimum Gasteiger partial charge on any atom is -0.211 e. The zero-order chi connectivity index (χ0) is 12.3. The van der Waals surface area contributed by atoms with Crippen LogP contribution in [0.15, 0.2) is 24.3 Å². The molecule has 1 unspecified atom stereocenters. The van der Waals surface area contributed by atoms with E-state index in [-0.39, 0.29) is 10.7 Å². The minimum atomic E-state index is -3.27. The summed E-state index contributed by atoms with van der Waals surface area (Å²) in [4.78, 5) is 0. The first kappa shape index (κ1) is 14.0. The molecule has 0 aliphatic heterocycles. The van der Waals surface area contributed by atoms with Gasteiger partial charge in [-0.25, -0.2) is 8.42 Å². The maximum absolute atomic E-state index is 11.7. The third-order valence-corrected chi connectivity index (χ3v) is 6.03. The number of hydrogen-bond acceptors (Lipinski definition) is 2. The number of alkyl halides is 1. The average molecular weight is 327 g/mol. The monoisotopic (exact) mass is 325 g/mol. The van der Waals surface area contributed by atoms with E-state index in [1.54, 1.807) is 20.0 Å². The van der Waals surface area contributed by atoms with Gasteiger partial charge in [-0.1, -0.05) is 45.7 Å². The van der Waals surface area contributed by atoms with Crippen molar-refractivity contribution in [3.05, 3.63) is 34.9 Å². The van der Waals surface area contributed by atoms with E-state index in [2.05, 4.69) is 15.9 Å². The second-order valence-electron chi connectivity index (χ2n) is 3.43. The molecule has 0 saturated carbocycles. The fourth-order valence-corrected chi connectivity index (χ4v) is 3.34. The zero-order valence-corrected chi connectivity index (χ0v) is 12.2. The predicted molar refractivity (Wildman–Crippen MR) is 70.3 cm³/mol. The summed E-state index contributed by atoms with van der Waals surface area (Å²) in [5.41, 5.74) is 0.802. The van der Waals surface area contributed by atoms with Crippen LogP contribution in [0.2, 0.25) is 5.02 Å². The van der Waals surface area contributed by atoms with E-state index in [1.807, 2.05) is 18.2 Å². The molecule has 0 radical (unpaired) electrons. The topological polar surface area (TPSA) is 37.4 Å². The molecule has 1 atom stereocenters. The van der Waals surface area contributed by atoms with E-state index in [0.29, 0.717) is 5.02 Å². The zero-order valence-electron chi connectivity index (χ0n) is 9.02. The Morgan fingerprint density at radius 3 is 2.50 bits per heavy atom. The SMILES string of the molecule is CC(c1ccccc1Cl)N(C)S(=O)(=O)CBr. The highest BCUT2D eigenvalue weighted by Gasteiger charge is 2.24. The van der Waals surface area contributed by atoms with Crippen molar-refractivity contribution in [1.82, 2.24) is 4.31 Å². The highest BCUT2D eigenvalue weighted by Crippen LogP contribution is 2.28. The van der Waals surface area contributed by atoms with Crippen LogP contribution in [-0.4, -0.2) is 24.4 Å². The summed E-state index contributed by atoms with van der Waals surface area (Å²) in [7, 11) is -1.72. The summed E-state index contributed by atoms with van der Waals surface area (Å²) in [6.45, 7) is 1.81. The van der Waals surface area contributed by atoms with Crippen molar-refractivity contribution >= 4 is 37.6 Å². The quantitative estimate of drug-likeness (QED) is 0.798. The Morgan fingerprint density at radius 2 is 2.00 bits per heavy atom. The van der Waals surface area contributed by atoms with Gasteiger partial charge in [0, 0.05) is 18.1 Å². The third-order valence-electron chi connectivity index (χ3n) is 2.48. The van der Waals surface area contributed by atoms with Crippen LogP contribution in [0, 0.1) is 0 Å². The average Bonchev–Trinajstić information content (AvgIpc) is 2.27. The molecule has 16 heavy (non-hydrogen) atoms. The number of nitrogens with zero attached hydrogens (tertiary/aromatic N) is 1. The number of hydrogen-bond donors (Lipinski definition) is 0. The molecule has 0 spiro atoms. The highest BCUT2D eigenvalue weighted by atomic mass is 79.9. The van der Waals surface area contributed by atoms with E-state index < -0.39 is 10.0 Å². The maximum Gasteiger partial charge on any atom is 0.224 e. The summed E-state index contributed by atoms with van der Waals surface area (Å²) in [6, 6.07) is 6.95. The molecule has 0 saturated heterocycles. The van der Waals surface area contributed by atoms with Gasteiger partial charge in [-0.2, -0.15) is 4.31 Å². The van der Waals surface area contributed by atoms with Gasteiger partial charge in [0.15, 0.2) is 0 Å². The maximum atomic E-state index is 11.7. The van der Waals surface area contributed by atoms with Crippen molar-refractivity contribution in [2.75, 3.05) is 11.7 Å². The van der Waals surface area contributed by atoms with Crippen LogP contribution in [0.1, 0.15) is 18.5 Å². The van der Waals surface area contributed by atoms with Gasteiger partial charge in [-0.15, -0.1) is 0 Å². The van der Waals surface area contributed by atoms with E-state index >= 15 is 0 Å². The minimum absolute atomic E-state index is 0.0920. The van der Waals surface area contributed by atoms with Crippen LogP contribution in [0.25, 0.3) is 0 Å². The first-order valence-electron chi connectivity index (χ1n) is 4.66. The molecule has 1 aromatic carbocycles. The second kappa shape index (κ2) is 5.49. The van der Waals surface area contributed by atoms with Gasteiger partial charge in [0.25, 0.3) is 0 Å². The molecular weight excluding hydrogens is 314 g/mol. The van der Waals surface area contributed by atoms with Gasteiger partial charge in [-0.05, 0) is 18.6 Å². The van der Waals surface area contributed by atoms with Gasteiger partial charge in [0.05, 0.1) is 0 Å². The predicted octanol–water partition coefficient (Wildman–Crippen LogP) is 3.02. The molecule has 0 bridgehead atoms. The lowest BCUT2D eigenvalue weighted by Gasteiger charge is -2.24. The van der Waals surface area contributed by atoms with Crippen LogP contribution in [0.5, 0.6) is 0 Å². The first-order valence-corrected chi connectivity index (χ1v) is 7.77. The lowest BCUT2D eigenvalue weighted by atomic mass is 10.1. The lowest BCUT2D eigenvalue weighted by molar-refractivity contribution is 0.401. The number of halogens is 2. The number of rotatable bonds is 4. The fraction of sp³-hybridized carbons (Fsp3) is 0.400. The van der Waals surface area contributed by atoms with Crippen molar-refractivity contribution in [3.63, 3.8) is 0 Å². The number of benzene rings is 1. The Hall–Kier alpha value is -0.100. The molecule has 1 aromatic rings. The Kier molecular flexibility index (Phi) is 4.79. The van der Waals surface area contributed by atoms with Gasteiger partial charge in [0.2, 0.25) is 10.0 Å². The summed E-state index contributed by atoms with van der Waals surface area (Å²) >= 11 is 8.99. The van der Waals surface area contributed by atoms with E-state index in [9.17, 15) is 8.42 Å². The van der Waals surface area contributed by atoms with Crippen molar-refractivity contribution in [3.8, 4) is 0 Å². The molecule has 6 heteroatoms. The smallest absolute Gasteiger partial charge is 0.211 e. The largest absolute Gasteiger partial charge is 0.224 e. The molecule has 1 rings (SSSR count). The van der Waals surface area contributed by atoms with Crippen LogP contribution in [0.4, 0.5) is 0 Å². The van der Waals surface area contributed by atoms with Crippen LogP contribution < -0.4 is 0 Å². The molecular formula is C10H13BrClNO2S. The summed E-state index contributed by atoms with van der Waals surface area (Å²) in [5, 5.41) is 0.576. The fourth-order valence-electron chi connectivity index (χ4n) is 1.33. The lowest BCUT2D eigenvalue weighted by Crippen LogP contribution is -2.30. The normalized spacial score (nSPS) is 14.1. The van der Waals surface area contributed by atoms with E-state index in [1.165, 1.54) is 4.31 Å². The van der Waals surface area contributed by atoms with Crippen molar-refractivity contribution in [1.29, 1.82) is 0 Å². The molecule has 0 aliphatic carbocycles. The molecule has 3 nitrogen and oxygen atoms in total. The second-order valence-corrected chi connectivity index (χ2v) is 7.17. The van der Waals surface area contributed by atoms with Crippen molar-refractivity contribution < 1.29 is 8.42 Å². The molecule has 0 amide bonds. The standard InChI is InChI=1S/C10H13BrClNO2S/c1-8(13(2)16(14,15)7-11)9-5-3-4-6-10(9)12/h3-6,8H,7H2,1-2H3. The van der Waals surface area contributed by atoms with Gasteiger partial charge in [0.1, 0.15) is 4.66 Å². The summed E-state index contributed by atoms with van der Waals surface area (Å²) in [5.74, 6) is 0. The molecule has 0 aliphatic rings. The van der Waals surface area contributed by atoms with Crippen LogP contribution >= 0.6 is 27.5 Å². The van der Waals surface area contributed by atoms with Crippen molar-refractivity contribution in [2.24, 2.45) is 0 Å². The van der Waals surface area contributed by atoms with Gasteiger partial charge < -0.3 is 0 Å². The molecule has 0 N–H and O–H groups in total. The van der Waals surface area contributed by atoms with E-state index in [4.69, 9.17) is 11.6 Å².